The number of nitrogens with zero attached hydrogens (tertiary/aromatic N) is 2. The van der Waals surface area contributed by atoms with Crippen LogP contribution in [-0.4, -0.2) is 35.8 Å². The summed E-state index contributed by atoms with van der Waals surface area (Å²) in [7, 11) is 2.03. The van der Waals surface area contributed by atoms with E-state index >= 15 is 0 Å². The molecule has 0 radical (unpaired) electrons. The lowest BCUT2D eigenvalue weighted by Gasteiger charge is -2.12. The van der Waals surface area contributed by atoms with Gasteiger partial charge in [0.2, 0.25) is 0 Å². The van der Waals surface area contributed by atoms with Gasteiger partial charge in [-0.15, -0.1) is 0 Å². The van der Waals surface area contributed by atoms with Crippen molar-refractivity contribution in [3.63, 3.8) is 0 Å². The van der Waals surface area contributed by atoms with Crippen LogP contribution in [-0.2, 0) is 0 Å². The highest BCUT2D eigenvalue weighted by molar-refractivity contribution is 8.00. The number of thioether (sulfide) groups is 1. The Morgan fingerprint density at radius 2 is 2.45 bits per heavy atom. The van der Waals surface area contributed by atoms with Crippen LogP contribution < -0.4 is 0 Å². The molecule has 1 saturated heterocycles. The van der Waals surface area contributed by atoms with Gasteiger partial charge < -0.3 is 5.01 Å². The Morgan fingerprint density at radius 1 is 1.73 bits per heavy atom. The number of rotatable bonds is 2. The summed E-state index contributed by atoms with van der Waals surface area (Å²) in [6, 6.07) is 0. The second-order valence-corrected chi connectivity index (χ2v) is 4.01. The number of hydrogen-bond donors (Lipinski definition) is 0. The van der Waals surface area contributed by atoms with E-state index in [1.807, 2.05) is 23.8 Å². The molecule has 1 rings (SSSR count). The summed E-state index contributed by atoms with van der Waals surface area (Å²) in [5.74, 6) is 3.07. The lowest BCUT2D eigenvalue weighted by atomic mass is 10.1. The second kappa shape index (κ2) is 4.00. The van der Waals surface area contributed by atoms with Gasteiger partial charge in [0, 0.05) is 31.0 Å². The van der Waals surface area contributed by atoms with Crippen LogP contribution in [0.3, 0.4) is 0 Å². The first-order valence-corrected chi connectivity index (χ1v) is 5.25. The molecule has 0 bridgehead atoms. The predicted molar refractivity (Wildman–Crippen MR) is 52.2 cm³/mol. The highest BCUT2D eigenvalue weighted by Gasteiger charge is 2.18. The van der Waals surface area contributed by atoms with Crippen LogP contribution in [0, 0.1) is 5.92 Å². The lowest BCUT2D eigenvalue weighted by molar-refractivity contribution is 0.373. The van der Waals surface area contributed by atoms with Crippen molar-refractivity contribution in [2.45, 2.75) is 13.8 Å². The molecule has 2 nitrogen and oxygen atoms in total. The average molecular weight is 172 g/mol. The molecule has 11 heavy (non-hydrogen) atoms. The van der Waals surface area contributed by atoms with Crippen molar-refractivity contribution in [1.29, 1.82) is 0 Å². The molecule has 1 aliphatic heterocycles. The number of hydrazone groups is 1. The molecule has 3 heteroatoms. The van der Waals surface area contributed by atoms with Crippen LogP contribution in [0.15, 0.2) is 5.10 Å². The molecule has 1 heterocycles. The maximum atomic E-state index is 4.50. The highest BCUT2D eigenvalue weighted by Crippen LogP contribution is 2.20. The monoisotopic (exact) mass is 172 g/mol. The molecule has 1 unspecified atom stereocenters. The summed E-state index contributed by atoms with van der Waals surface area (Å²) >= 11 is 1.99. The van der Waals surface area contributed by atoms with Crippen molar-refractivity contribution in [1.82, 2.24) is 5.01 Å². The Labute approximate surface area is 73.0 Å². The van der Waals surface area contributed by atoms with Crippen LogP contribution in [0.2, 0.25) is 0 Å². The maximum absolute atomic E-state index is 4.50. The van der Waals surface area contributed by atoms with E-state index in [2.05, 4.69) is 18.9 Å². The lowest BCUT2D eigenvalue weighted by Crippen LogP contribution is -2.17. The Bertz CT molecular complexity index is 156. The fourth-order valence-electron chi connectivity index (χ4n) is 0.996. The zero-order valence-corrected chi connectivity index (χ0v) is 8.32. The van der Waals surface area contributed by atoms with E-state index in [0.717, 1.165) is 12.3 Å². The van der Waals surface area contributed by atoms with Crippen LogP contribution in [0.25, 0.3) is 0 Å². The summed E-state index contributed by atoms with van der Waals surface area (Å²) in [6.45, 7) is 5.38. The molecule has 0 N–H and O–H groups in total. The van der Waals surface area contributed by atoms with Gasteiger partial charge in [-0.25, -0.2) is 0 Å². The Balaban J connectivity index is 2.50. The largest absolute Gasteiger partial charge is 0.300 e. The van der Waals surface area contributed by atoms with Crippen molar-refractivity contribution >= 4 is 17.5 Å². The first kappa shape index (κ1) is 8.91. The fourth-order valence-corrected chi connectivity index (χ4v) is 2.21. The van der Waals surface area contributed by atoms with E-state index in [0.29, 0.717) is 5.92 Å². The molecule has 0 amide bonds. The molecular formula is C8H16N2S. The summed E-state index contributed by atoms with van der Waals surface area (Å²) in [6.07, 6.45) is 0. The predicted octanol–water partition coefficient (Wildman–Crippen LogP) is 1.68. The molecule has 0 aliphatic carbocycles. The highest BCUT2D eigenvalue weighted by atomic mass is 32.2. The zero-order valence-electron chi connectivity index (χ0n) is 7.50. The normalized spacial score (nSPS) is 27.9. The van der Waals surface area contributed by atoms with Crippen molar-refractivity contribution in [2.24, 2.45) is 11.0 Å². The summed E-state index contributed by atoms with van der Waals surface area (Å²) in [5, 5.41) is 6.52. The first-order valence-electron chi connectivity index (χ1n) is 4.10. The van der Waals surface area contributed by atoms with Crippen LogP contribution >= 0.6 is 11.8 Å². The molecule has 0 spiro atoms. The zero-order chi connectivity index (χ0) is 8.27. The van der Waals surface area contributed by atoms with E-state index in [1.165, 1.54) is 11.5 Å². The number of hydrogen-bond acceptors (Lipinski definition) is 3. The molecular weight excluding hydrogens is 156 g/mol. The Morgan fingerprint density at radius 3 is 2.91 bits per heavy atom. The molecule has 0 aromatic carbocycles. The average Bonchev–Trinajstić information content (AvgIpc) is 2.37. The minimum Gasteiger partial charge on any atom is -0.300 e. The van der Waals surface area contributed by atoms with E-state index < -0.39 is 0 Å². The molecule has 1 fully saturated rings. The van der Waals surface area contributed by atoms with Crippen LogP contribution in [0.1, 0.15) is 13.8 Å². The molecule has 1 aliphatic rings. The van der Waals surface area contributed by atoms with E-state index in [9.17, 15) is 0 Å². The van der Waals surface area contributed by atoms with Gasteiger partial charge >= 0.3 is 0 Å². The summed E-state index contributed by atoms with van der Waals surface area (Å²) in [4.78, 5) is 0. The van der Waals surface area contributed by atoms with Crippen LogP contribution in [0.5, 0.6) is 0 Å². The topological polar surface area (TPSA) is 15.6 Å². The molecule has 1 atom stereocenters. The smallest absolute Gasteiger partial charge is 0.0515 e. The first-order chi connectivity index (χ1) is 5.24. The fraction of sp³-hybridized carbons (Fsp3) is 0.875. The minimum absolute atomic E-state index is 0.689. The SMILES string of the molecule is CCN(C)/N=C1/CSCC1C. The van der Waals surface area contributed by atoms with Crippen molar-refractivity contribution in [3.8, 4) is 0 Å². The maximum Gasteiger partial charge on any atom is 0.0515 e. The van der Waals surface area contributed by atoms with Crippen molar-refractivity contribution in [3.05, 3.63) is 0 Å². The minimum atomic E-state index is 0.689. The van der Waals surface area contributed by atoms with Gasteiger partial charge in [-0.3, -0.25) is 0 Å². The van der Waals surface area contributed by atoms with Crippen molar-refractivity contribution < 1.29 is 0 Å². The van der Waals surface area contributed by atoms with Gasteiger partial charge in [-0.05, 0) is 6.92 Å². The third kappa shape index (κ3) is 2.40. The molecule has 0 aromatic heterocycles. The molecule has 64 valence electrons. The van der Waals surface area contributed by atoms with E-state index in [4.69, 9.17) is 0 Å². The summed E-state index contributed by atoms with van der Waals surface area (Å²) in [5.41, 5.74) is 1.36. The van der Waals surface area contributed by atoms with E-state index in [-0.39, 0.29) is 0 Å². The third-order valence-electron chi connectivity index (χ3n) is 1.94. The standard InChI is InChI=1S/C8H16N2S/c1-4-10(3)9-8-6-11-5-7(8)2/h7H,4-6H2,1-3H3/b9-8-. The Kier molecular flexibility index (Phi) is 3.24. The van der Waals surface area contributed by atoms with Crippen molar-refractivity contribution in [2.75, 3.05) is 25.1 Å². The van der Waals surface area contributed by atoms with E-state index in [1.54, 1.807) is 0 Å². The van der Waals surface area contributed by atoms with Gasteiger partial charge in [0.15, 0.2) is 0 Å². The molecule has 0 aromatic rings. The quantitative estimate of drug-likeness (QED) is 0.589. The van der Waals surface area contributed by atoms with Gasteiger partial charge in [0.25, 0.3) is 0 Å². The van der Waals surface area contributed by atoms with Gasteiger partial charge in [0.05, 0.1) is 5.71 Å². The van der Waals surface area contributed by atoms with Gasteiger partial charge in [-0.1, -0.05) is 6.92 Å². The van der Waals surface area contributed by atoms with Crippen LogP contribution in [0.4, 0.5) is 0 Å². The summed E-state index contributed by atoms with van der Waals surface area (Å²) < 4.78 is 0. The third-order valence-corrected chi connectivity index (χ3v) is 3.18. The molecule has 0 saturated carbocycles. The van der Waals surface area contributed by atoms with Gasteiger partial charge in [0.1, 0.15) is 0 Å². The Hall–Kier alpha value is -0.180. The van der Waals surface area contributed by atoms with Gasteiger partial charge in [-0.2, -0.15) is 16.9 Å². The second-order valence-electron chi connectivity index (χ2n) is 2.98.